The summed E-state index contributed by atoms with van der Waals surface area (Å²) in [5.74, 6) is 1.50. The summed E-state index contributed by atoms with van der Waals surface area (Å²) in [5.41, 5.74) is 5.68. The SMILES string of the molecule is CC(C)(O)c1cc2nc(-c3cnc(N)s3)nc(N3CCOCC3)c2s1. The Morgan fingerprint density at radius 3 is 2.64 bits per heavy atom. The molecule has 25 heavy (non-hydrogen) atoms. The van der Waals surface area contributed by atoms with E-state index < -0.39 is 5.60 Å². The summed E-state index contributed by atoms with van der Waals surface area (Å²) >= 11 is 2.91. The highest BCUT2D eigenvalue weighted by atomic mass is 32.1. The summed E-state index contributed by atoms with van der Waals surface area (Å²) in [7, 11) is 0. The maximum absolute atomic E-state index is 10.4. The number of anilines is 2. The molecule has 0 unspecified atom stereocenters. The number of morpholine rings is 1. The summed E-state index contributed by atoms with van der Waals surface area (Å²) in [4.78, 5) is 17.5. The molecule has 7 nitrogen and oxygen atoms in total. The number of thiophene rings is 1. The number of nitrogens with two attached hydrogens (primary N) is 1. The van der Waals surface area contributed by atoms with Crippen LogP contribution in [0.1, 0.15) is 18.7 Å². The minimum atomic E-state index is -0.914. The molecule has 0 aromatic carbocycles. The molecule has 0 bridgehead atoms. The van der Waals surface area contributed by atoms with Gasteiger partial charge in [0.05, 0.1) is 40.1 Å². The van der Waals surface area contributed by atoms with Crippen LogP contribution in [0.3, 0.4) is 0 Å². The standard InChI is InChI=1S/C16H19N5O2S2/c1-16(2,22)11-7-9-12(25-11)14(21-3-5-23-6-4-21)20-13(19-9)10-8-18-15(17)24-10/h7-8,22H,3-6H2,1-2H3,(H2,17,18). The van der Waals surface area contributed by atoms with E-state index in [0.29, 0.717) is 24.2 Å². The number of nitrogens with zero attached hydrogens (tertiary/aromatic N) is 4. The van der Waals surface area contributed by atoms with Crippen LogP contribution in [0, 0.1) is 0 Å². The van der Waals surface area contributed by atoms with E-state index >= 15 is 0 Å². The van der Waals surface area contributed by atoms with Crippen molar-refractivity contribution in [2.45, 2.75) is 19.4 Å². The van der Waals surface area contributed by atoms with Gasteiger partial charge in [-0.05, 0) is 19.9 Å². The van der Waals surface area contributed by atoms with Gasteiger partial charge in [-0.25, -0.2) is 15.0 Å². The molecular weight excluding hydrogens is 358 g/mol. The fourth-order valence-electron chi connectivity index (χ4n) is 2.71. The monoisotopic (exact) mass is 377 g/mol. The zero-order chi connectivity index (χ0) is 17.6. The molecule has 0 amide bonds. The number of ether oxygens (including phenoxy) is 1. The van der Waals surface area contributed by atoms with E-state index in [1.165, 1.54) is 22.7 Å². The second-order valence-corrected chi connectivity index (χ2v) is 8.53. The van der Waals surface area contributed by atoms with Crippen molar-refractivity contribution in [2.75, 3.05) is 36.9 Å². The normalized spacial score (nSPS) is 15.9. The number of aromatic nitrogens is 3. The Labute approximate surface area is 153 Å². The Kier molecular flexibility index (Phi) is 4.11. The fourth-order valence-corrected chi connectivity index (χ4v) is 4.44. The average molecular weight is 377 g/mol. The Hall–Kier alpha value is -1.81. The number of rotatable bonds is 3. The molecule has 0 atom stereocenters. The quantitative estimate of drug-likeness (QED) is 0.723. The molecule has 3 aromatic heterocycles. The van der Waals surface area contributed by atoms with E-state index in [9.17, 15) is 5.11 Å². The summed E-state index contributed by atoms with van der Waals surface area (Å²) in [6.07, 6.45) is 1.70. The van der Waals surface area contributed by atoms with Crippen molar-refractivity contribution in [2.24, 2.45) is 0 Å². The van der Waals surface area contributed by atoms with E-state index in [2.05, 4.69) is 9.88 Å². The number of thiazole rings is 1. The number of hydrogen-bond acceptors (Lipinski definition) is 9. The van der Waals surface area contributed by atoms with Crippen molar-refractivity contribution >= 4 is 43.8 Å². The summed E-state index contributed by atoms with van der Waals surface area (Å²) in [6, 6.07) is 1.94. The van der Waals surface area contributed by atoms with Crippen LogP contribution in [-0.4, -0.2) is 46.4 Å². The van der Waals surface area contributed by atoms with Gasteiger partial charge in [0.2, 0.25) is 0 Å². The van der Waals surface area contributed by atoms with Crippen LogP contribution in [0.25, 0.3) is 20.9 Å². The largest absolute Gasteiger partial charge is 0.385 e. The first-order valence-electron chi connectivity index (χ1n) is 8.00. The molecular formula is C16H19N5O2S2. The van der Waals surface area contributed by atoms with Gasteiger partial charge in [-0.15, -0.1) is 11.3 Å². The van der Waals surface area contributed by atoms with Crippen LogP contribution in [0.2, 0.25) is 0 Å². The minimum Gasteiger partial charge on any atom is -0.385 e. The predicted octanol–water partition coefficient (Wildman–Crippen LogP) is 2.46. The van der Waals surface area contributed by atoms with Gasteiger partial charge < -0.3 is 20.5 Å². The molecule has 3 N–H and O–H groups in total. The number of hydrogen-bond donors (Lipinski definition) is 2. The highest BCUT2D eigenvalue weighted by Gasteiger charge is 2.25. The first kappa shape index (κ1) is 16.6. The molecule has 0 radical (unpaired) electrons. The van der Waals surface area contributed by atoms with E-state index in [4.69, 9.17) is 20.4 Å². The van der Waals surface area contributed by atoms with Gasteiger partial charge in [0.1, 0.15) is 0 Å². The third-order valence-electron chi connectivity index (χ3n) is 4.01. The molecule has 4 heterocycles. The van der Waals surface area contributed by atoms with E-state index in [1.54, 1.807) is 20.0 Å². The highest BCUT2D eigenvalue weighted by Crippen LogP contribution is 2.38. The maximum Gasteiger partial charge on any atom is 0.180 e. The maximum atomic E-state index is 10.4. The first-order chi connectivity index (χ1) is 11.9. The lowest BCUT2D eigenvalue weighted by atomic mass is 10.1. The second-order valence-electron chi connectivity index (χ2n) is 6.42. The molecule has 1 aliphatic rings. The van der Waals surface area contributed by atoms with Gasteiger partial charge in [-0.2, -0.15) is 0 Å². The van der Waals surface area contributed by atoms with Crippen LogP contribution < -0.4 is 10.6 Å². The van der Waals surface area contributed by atoms with Crippen LogP contribution >= 0.6 is 22.7 Å². The Bertz CT molecular complexity index is 909. The summed E-state index contributed by atoms with van der Waals surface area (Å²) < 4.78 is 6.45. The van der Waals surface area contributed by atoms with Crippen molar-refractivity contribution in [1.29, 1.82) is 0 Å². The minimum absolute atomic E-state index is 0.495. The lowest BCUT2D eigenvalue weighted by molar-refractivity contribution is 0.0826. The van der Waals surface area contributed by atoms with Crippen molar-refractivity contribution in [3.05, 3.63) is 17.1 Å². The van der Waals surface area contributed by atoms with Gasteiger partial charge in [-0.1, -0.05) is 11.3 Å². The smallest absolute Gasteiger partial charge is 0.180 e. The highest BCUT2D eigenvalue weighted by molar-refractivity contribution is 7.20. The van der Waals surface area contributed by atoms with Crippen LogP contribution in [0.5, 0.6) is 0 Å². The van der Waals surface area contributed by atoms with Gasteiger partial charge in [0.25, 0.3) is 0 Å². The third kappa shape index (κ3) is 3.20. The zero-order valence-corrected chi connectivity index (χ0v) is 15.7. The van der Waals surface area contributed by atoms with Gasteiger partial charge in [-0.3, -0.25) is 0 Å². The topological polar surface area (TPSA) is 97.4 Å². The number of nitrogen functional groups attached to an aromatic ring is 1. The molecule has 9 heteroatoms. The van der Waals surface area contributed by atoms with Gasteiger partial charge in [0, 0.05) is 18.0 Å². The van der Waals surface area contributed by atoms with Crippen molar-refractivity contribution in [1.82, 2.24) is 15.0 Å². The van der Waals surface area contributed by atoms with Gasteiger partial charge >= 0.3 is 0 Å². The molecule has 0 saturated carbocycles. The fraction of sp³-hybridized carbons (Fsp3) is 0.438. The molecule has 1 saturated heterocycles. The van der Waals surface area contributed by atoms with E-state index in [-0.39, 0.29) is 0 Å². The van der Waals surface area contributed by atoms with Crippen LogP contribution in [0.4, 0.5) is 10.9 Å². The first-order valence-corrected chi connectivity index (χ1v) is 9.64. The van der Waals surface area contributed by atoms with E-state index in [0.717, 1.165) is 38.9 Å². The third-order valence-corrected chi connectivity index (χ3v) is 6.27. The molecule has 0 spiro atoms. The molecule has 132 valence electrons. The lowest BCUT2D eigenvalue weighted by Gasteiger charge is -2.28. The van der Waals surface area contributed by atoms with Gasteiger partial charge in [0.15, 0.2) is 16.8 Å². The number of fused-ring (bicyclic) bond motifs is 1. The average Bonchev–Trinajstić information content (AvgIpc) is 3.20. The number of aliphatic hydroxyl groups is 1. The molecule has 4 rings (SSSR count). The zero-order valence-electron chi connectivity index (χ0n) is 14.0. The van der Waals surface area contributed by atoms with Crippen LogP contribution in [-0.2, 0) is 10.3 Å². The summed E-state index contributed by atoms with van der Waals surface area (Å²) in [5, 5.41) is 10.9. The Balaban J connectivity index is 1.90. The van der Waals surface area contributed by atoms with Crippen molar-refractivity contribution in [3.8, 4) is 10.7 Å². The predicted molar refractivity (Wildman–Crippen MR) is 101 cm³/mol. The molecule has 1 fully saturated rings. The second kappa shape index (κ2) is 6.17. The molecule has 1 aliphatic heterocycles. The Morgan fingerprint density at radius 1 is 1.24 bits per heavy atom. The van der Waals surface area contributed by atoms with Crippen molar-refractivity contribution < 1.29 is 9.84 Å². The van der Waals surface area contributed by atoms with Crippen molar-refractivity contribution in [3.63, 3.8) is 0 Å². The summed E-state index contributed by atoms with van der Waals surface area (Å²) in [6.45, 7) is 6.49. The Morgan fingerprint density at radius 2 is 2.00 bits per heavy atom. The van der Waals surface area contributed by atoms with E-state index in [1.807, 2.05) is 6.07 Å². The lowest BCUT2D eigenvalue weighted by Crippen LogP contribution is -2.36. The molecule has 3 aromatic rings. The van der Waals surface area contributed by atoms with Crippen LogP contribution in [0.15, 0.2) is 12.3 Å². The molecule has 0 aliphatic carbocycles.